The summed E-state index contributed by atoms with van der Waals surface area (Å²) in [6.45, 7) is 0. The molecule has 2 bridgehead atoms. The molecule has 198 valence electrons. The van der Waals surface area contributed by atoms with Gasteiger partial charge in [0, 0.05) is 21.9 Å². The largest absolute Gasteiger partial charge is 0.273 e. The van der Waals surface area contributed by atoms with Crippen LogP contribution in [0, 0.1) is 11.8 Å². The molecule has 0 radical (unpaired) electrons. The van der Waals surface area contributed by atoms with Gasteiger partial charge >= 0.3 is 0 Å². The van der Waals surface area contributed by atoms with E-state index in [1.54, 1.807) is 36.7 Å². The molecule has 0 saturated carbocycles. The zero-order valence-electron chi connectivity index (χ0n) is 21.2. The van der Waals surface area contributed by atoms with E-state index in [2.05, 4.69) is 21.1 Å². The zero-order valence-corrected chi connectivity index (χ0v) is 22.7. The van der Waals surface area contributed by atoms with Crippen molar-refractivity contribution in [3.63, 3.8) is 0 Å². The molecule has 2 amide bonds. The molecular weight excluding hydrogens is 543 g/mol. The number of amides is 2. The van der Waals surface area contributed by atoms with E-state index in [-0.39, 0.29) is 23.7 Å². The number of fused-ring (bicyclic) bond motifs is 1. The maximum absolute atomic E-state index is 13.8. The van der Waals surface area contributed by atoms with Crippen LogP contribution in [-0.4, -0.2) is 24.2 Å². The summed E-state index contributed by atoms with van der Waals surface area (Å²) in [6, 6.07) is 30.3. The number of benzene rings is 4. The Hall–Kier alpha value is -4.26. The Labute approximate surface area is 241 Å². The molecule has 0 fully saturated rings. The molecule has 3 aliphatic carbocycles. The fraction of sp³-hybridized carbons (Fsp3) is 0.125. The van der Waals surface area contributed by atoms with Gasteiger partial charge in [-0.3, -0.25) is 9.59 Å². The molecular formula is C32H24Cl2N4O2. The summed E-state index contributed by atoms with van der Waals surface area (Å²) in [5.41, 5.74) is 11.2. The minimum absolute atomic E-state index is 0.306. The first kappa shape index (κ1) is 26.0. The third-order valence-corrected chi connectivity index (χ3v) is 8.06. The van der Waals surface area contributed by atoms with Crippen LogP contribution in [0.4, 0.5) is 0 Å². The van der Waals surface area contributed by atoms with Gasteiger partial charge in [-0.2, -0.15) is 10.2 Å². The van der Waals surface area contributed by atoms with Crippen molar-refractivity contribution >= 4 is 47.4 Å². The molecule has 0 unspecified atom stereocenters. The number of halogens is 2. The van der Waals surface area contributed by atoms with Gasteiger partial charge in [0.15, 0.2) is 0 Å². The molecule has 40 heavy (non-hydrogen) atoms. The Balaban J connectivity index is 1.34. The van der Waals surface area contributed by atoms with Crippen LogP contribution >= 0.6 is 23.2 Å². The second kappa shape index (κ2) is 11.1. The van der Waals surface area contributed by atoms with Gasteiger partial charge in [0.1, 0.15) is 0 Å². The molecule has 4 aromatic carbocycles. The highest BCUT2D eigenvalue weighted by atomic mass is 35.5. The Morgan fingerprint density at radius 1 is 0.550 bits per heavy atom. The lowest BCUT2D eigenvalue weighted by atomic mass is 9.54. The summed E-state index contributed by atoms with van der Waals surface area (Å²) in [5.74, 6) is -2.65. The number of hydrogen-bond acceptors (Lipinski definition) is 4. The van der Waals surface area contributed by atoms with E-state index < -0.39 is 11.8 Å². The SMILES string of the molecule is O=C(N/N=C/c1ccc(Cl)cc1)[C@@H]1C2c3ccccc3C(c3ccccc32)[C@H]1C(=O)N/N=C/c1ccc(Cl)cc1. The minimum atomic E-state index is -0.692. The van der Waals surface area contributed by atoms with Crippen molar-refractivity contribution in [1.82, 2.24) is 10.9 Å². The number of hydrazone groups is 2. The second-order valence-corrected chi connectivity index (χ2v) is 10.7. The third kappa shape index (κ3) is 4.92. The molecule has 4 aromatic rings. The van der Waals surface area contributed by atoms with Crippen molar-refractivity contribution in [1.29, 1.82) is 0 Å². The molecule has 8 heteroatoms. The number of hydrogen-bond donors (Lipinski definition) is 2. The van der Waals surface area contributed by atoms with Crippen LogP contribution in [0.1, 0.15) is 45.2 Å². The molecule has 3 aliphatic rings. The Morgan fingerprint density at radius 2 is 0.875 bits per heavy atom. The van der Waals surface area contributed by atoms with Gasteiger partial charge in [0.2, 0.25) is 11.8 Å². The molecule has 2 N–H and O–H groups in total. The molecule has 2 atom stereocenters. The molecule has 0 saturated heterocycles. The van der Waals surface area contributed by atoms with Crippen molar-refractivity contribution in [3.05, 3.63) is 140 Å². The summed E-state index contributed by atoms with van der Waals surface area (Å²) in [6.07, 6.45) is 3.12. The predicted octanol–water partition coefficient (Wildman–Crippen LogP) is 6.12. The first-order valence-corrected chi connectivity index (χ1v) is 13.6. The Kier molecular flexibility index (Phi) is 7.20. The summed E-state index contributed by atoms with van der Waals surface area (Å²) in [7, 11) is 0. The standard InChI is InChI=1S/C32H24Cl2N4O2/c33-21-13-9-19(10-14-21)17-35-37-31(39)29-27-23-5-1-2-6-24(23)28(26-8-4-3-7-25(26)27)30(29)32(40)38-36-18-20-11-15-22(34)16-12-20/h1-18,27-30H,(H,37,39)(H,38,40)/b35-17+,36-18+/t27?,28?,29-,30-/m1/s1. The van der Waals surface area contributed by atoms with Crippen LogP contribution in [0.2, 0.25) is 10.0 Å². The van der Waals surface area contributed by atoms with Crippen molar-refractivity contribution in [2.24, 2.45) is 22.0 Å². The lowest BCUT2D eigenvalue weighted by molar-refractivity contribution is -0.137. The predicted molar refractivity (Wildman–Crippen MR) is 158 cm³/mol. The summed E-state index contributed by atoms with van der Waals surface area (Å²) in [5, 5.41) is 9.64. The van der Waals surface area contributed by atoms with E-state index in [0.29, 0.717) is 10.0 Å². The highest BCUT2D eigenvalue weighted by molar-refractivity contribution is 6.30. The smallest absolute Gasteiger partial charge is 0.244 e. The highest BCUT2D eigenvalue weighted by Crippen LogP contribution is 2.58. The Morgan fingerprint density at radius 3 is 1.20 bits per heavy atom. The van der Waals surface area contributed by atoms with E-state index in [1.807, 2.05) is 72.8 Å². The average Bonchev–Trinajstić information content (AvgIpc) is 2.98. The number of nitrogens with one attached hydrogen (secondary N) is 2. The van der Waals surface area contributed by atoms with Crippen molar-refractivity contribution in [2.45, 2.75) is 11.8 Å². The normalized spacial score (nSPS) is 20.8. The fourth-order valence-electron chi connectivity index (χ4n) is 5.89. The van der Waals surface area contributed by atoms with Crippen LogP contribution in [0.3, 0.4) is 0 Å². The van der Waals surface area contributed by atoms with E-state index in [4.69, 9.17) is 23.2 Å². The summed E-state index contributed by atoms with van der Waals surface area (Å²) in [4.78, 5) is 27.6. The van der Waals surface area contributed by atoms with Crippen LogP contribution < -0.4 is 10.9 Å². The van der Waals surface area contributed by atoms with E-state index in [9.17, 15) is 9.59 Å². The van der Waals surface area contributed by atoms with Gasteiger partial charge in [-0.1, -0.05) is 96.0 Å². The third-order valence-electron chi connectivity index (χ3n) is 7.56. The lowest BCUT2D eigenvalue weighted by Crippen LogP contribution is -2.51. The molecule has 0 aliphatic heterocycles. The topological polar surface area (TPSA) is 82.9 Å². The molecule has 0 spiro atoms. The number of carbonyl (C=O) groups is 2. The van der Waals surface area contributed by atoms with Gasteiger partial charge in [-0.15, -0.1) is 0 Å². The van der Waals surface area contributed by atoms with Crippen molar-refractivity contribution < 1.29 is 9.59 Å². The van der Waals surface area contributed by atoms with Crippen LogP contribution in [-0.2, 0) is 9.59 Å². The molecule has 7 rings (SSSR count). The van der Waals surface area contributed by atoms with Gasteiger partial charge in [-0.05, 0) is 57.6 Å². The summed E-state index contributed by atoms with van der Waals surface area (Å²) < 4.78 is 0. The van der Waals surface area contributed by atoms with Crippen LogP contribution in [0.25, 0.3) is 0 Å². The van der Waals surface area contributed by atoms with Gasteiger partial charge in [0.25, 0.3) is 0 Å². The van der Waals surface area contributed by atoms with E-state index >= 15 is 0 Å². The van der Waals surface area contributed by atoms with Crippen LogP contribution in [0.5, 0.6) is 0 Å². The van der Waals surface area contributed by atoms with E-state index in [1.165, 1.54) is 0 Å². The zero-order chi connectivity index (χ0) is 27.6. The lowest BCUT2D eigenvalue weighted by Gasteiger charge is -2.48. The molecule has 0 heterocycles. The molecule has 0 aromatic heterocycles. The first-order valence-electron chi connectivity index (χ1n) is 12.9. The monoisotopic (exact) mass is 566 g/mol. The van der Waals surface area contributed by atoms with Gasteiger partial charge in [0.05, 0.1) is 24.3 Å². The average molecular weight is 567 g/mol. The molecule has 6 nitrogen and oxygen atoms in total. The Bertz CT molecular complexity index is 1460. The van der Waals surface area contributed by atoms with Gasteiger partial charge in [-0.25, -0.2) is 10.9 Å². The number of carbonyl (C=O) groups excluding carboxylic acids is 2. The highest BCUT2D eigenvalue weighted by Gasteiger charge is 2.55. The second-order valence-electron chi connectivity index (χ2n) is 9.84. The number of nitrogens with zero attached hydrogens (tertiary/aromatic N) is 2. The van der Waals surface area contributed by atoms with Crippen molar-refractivity contribution in [2.75, 3.05) is 0 Å². The van der Waals surface area contributed by atoms with Gasteiger partial charge < -0.3 is 0 Å². The van der Waals surface area contributed by atoms with Crippen molar-refractivity contribution in [3.8, 4) is 0 Å². The summed E-state index contributed by atoms with van der Waals surface area (Å²) >= 11 is 11.9. The first-order chi connectivity index (χ1) is 19.5. The van der Waals surface area contributed by atoms with Crippen LogP contribution in [0.15, 0.2) is 107 Å². The quantitative estimate of drug-likeness (QED) is 0.218. The minimum Gasteiger partial charge on any atom is -0.273 e. The number of rotatable bonds is 6. The fourth-order valence-corrected chi connectivity index (χ4v) is 6.15. The van der Waals surface area contributed by atoms with E-state index in [0.717, 1.165) is 33.4 Å². The maximum Gasteiger partial charge on any atom is 0.244 e. The maximum atomic E-state index is 13.8.